The second-order valence-electron chi connectivity index (χ2n) is 12.5. The number of nitrogens with two attached hydrogens (primary N) is 2. The van der Waals surface area contributed by atoms with E-state index in [0.29, 0.717) is 47.8 Å². The highest BCUT2D eigenvalue weighted by molar-refractivity contribution is 5.83. The molecule has 13 heteroatoms. The lowest BCUT2D eigenvalue weighted by atomic mass is 9.99. The van der Waals surface area contributed by atoms with Gasteiger partial charge in [0.1, 0.15) is 5.65 Å². The van der Waals surface area contributed by atoms with Crippen molar-refractivity contribution in [2.24, 2.45) is 22.4 Å². The molecule has 9 nitrogen and oxygen atoms in total. The molecule has 5 rings (SSSR count). The first kappa shape index (κ1) is 35.1. The second-order valence-corrected chi connectivity index (χ2v) is 12.5. The van der Waals surface area contributed by atoms with Gasteiger partial charge in [0.25, 0.3) is 0 Å². The standard InChI is InChI=1S/C35H43F4N7O2/c1-3-6-29(43-16-5-15-42-21(2)40)24-11-13-26(14-12-24)46-20-25-19-30(44-33(25)45-34(46)47)27-17-22(7-4-8-28(41)23-9-10-23)18-31(32(27)36)48-35(37,38)39/h11-14,17-20,23,28-29,43H,3-10,15-16,41H2,1-2H3,(H2,40,42)(H,44,45,47). The van der Waals surface area contributed by atoms with Crippen molar-refractivity contribution >= 4 is 16.9 Å². The van der Waals surface area contributed by atoms with Crippen LogP contribution in [0.2, 0.25) is 0 Å². The number of H-pyrrole nitrogens is 1. The lowest BCUT2D eigenvalue weighted by Crippen LogP contribution is -2.23. The highest BCUT2D eigenvalue weighted by Crippen LogP contribution is 2.36. The van der Waals surface area contributed by atoms with Crippen LogP contribution in [-0.2, 0) is 6.42 Å². The van der Waals surface area contributed by atoms with Gasteiger partial charge in [-0.25, -0.2) is 9.18 Å². The van der Waals surface area contributed by atoms with Crippen molar-refractivity contribution in [3.05, 3.63) is 76.1 Å². The summed E-state index contributed by atoms with van der Waals surface area (Å²) in [6.45, 7) is 5.32. The van der Waals surface area contributed by atoms with Crippen LogP contribution < -0.4 is 27.2 Å². The highest BCUT2D eigenvalue weighted by atomic mass is 19.4. The number of amidine groups is 1. The molecule has 4 aromatic rings. The Hall–Kier alpha value is -4.23. The Morgan fingerprint density at radius 1 is 1.17 bits per heavy atom. The number of hydrogen-bond donors (Lipinski definition) is 4. The maximum absolute atomic E-state index is 15.5. The summed E-state index contributed by atoms with van der Waals surface area (Å²) in [7, 11) is 0. The van der Waals surface area contributed by atoms with E-state index in [9.17, 15) is 18.0 Å². The molecule has 0 radical (unpaired) electrons. The summed E-state index contributed by atoms with van der Waals surface area (Å²) in [6.07, 6.45) is 3.23. The van der Waals surface area contributed by atoms with Gasteiger partial charge in [0.05, 0.1) is 17.2 Å². The number of halogens is 4. The molecule has 2 heterocycles. The average Bonchev–Trinajstić information content (AvgIpc) is 3.80. The number of rotatable bonds is 16. The molecule has 1 saturated carbocycles. The Labute approximate surface area is 276 Å². The summed E-state index contributed by atoms with van der Waals surface area (Å²) < 4.78 is 60.6. The SMILES string of the molecule is CCCC(NCCCN=C(C)N)c1ccc(-n2cc3cc(-c4cc(CCCC(N)C5CC5)cc(OC(F)(F)F)c4F)[nH]c3nc2=O)cc1. The molecule has 1 aliphatic rings. The number of nitrogens with zero attached hydrogens (tertiary/aromatic N) is 3. The molecule has 2 aromatic carbocycles. The van der Waals surface area contributed by atoms with Gasteiger partial charge >= 0.3 is 12.1 Å². The van der Waals surface area contributed by atoms with Gasteiger partial charge in [-0.2, -0.15) is 4.98 Å². The lowest BCUT2D eigenvalue weighted by molar-refractivity contribution is -0.275. The number of benzene rings is 2. The third-order valence-corrected chi connectivity index (χ3v) is 8.59. The third-order valence-electron chi connectivity index (χ3n) is 8.59. The fraction of sp³-hybridized carbons (Fsp3) is 0.457. The summed E-state index contributed by atoms with van der Waals surface area (Å²) in [5, 5.41) is 4.05. The topological polar surface area (TPSA) is 136 Å². The Balaban J connectivity index is 1.38. The van der Waals surface area contributed by atoms with E-state index in [1.165, 1.54) is 10.6 Å². The van der Waals surface area contributed by atoms with Gasteiger partial charge < -0.3 is 26.5 Å². The Morgan fingerprint density at radius 3 is 2.58 bits per heavy atom. The number of aliphatic imine (C=N–C) groups is 1. The van der Waals surface area contributed by atoms with Gasteiger partial charge in [-0.3, -0.25) is 9.56 Å². The molecule has 6 N–H and O–H groups in total. The Kier molecular flexibility index (Phi) is 11.2. The number of alkyl halides is 3. The first-order valence-electron chi connectivity index (χ1n) is 16.5. The minimum Gasteiger partial charge on any atom is -0.403 e. The number of aromatic amines is 1. The van der Waals surface area contributed by atoms with Crippen molar-refractivity contribution < 1.29 is 22.3 Å². The van der Waals surface area contributed by atoms with E-state index in [0.717, 1.165) is 56.7 Å². The molecule has 48 heavy (non-hydrogen) atoms. The maximum atomic E-state index is 15.5. The normalized spacial score (nSPS) is 15.2. The lowest BCUT2D eigenvalue weighted by Gasteiger charge is -2.19. The molecule has 0 spiro atoms. The van der Waals surface area contributed by atoms with Crippen molar-refractivity contribution in [3.8, 4) is 22.7 Å². The van der Waals surface area contributed by atoms with E-state index in [-0.39, 0.29) is 29.0 Å². The third kappa shape index (κ3) is 9.22. The quantitative estimate of drug-likeness (QED) is 0.0455. The Bertz CT molecular complexity index is 1770. The molecule has 2 unspecified atom stereocenters. The van der Waals surface area contributed by atoms with Gasteiger partial charge in [-0.15, -0.1) is 13.2 Å². The van der Waals surface area contributed by atoms with Crippen LogP contribution in [0, 0.1) is 11.7 Å². The molecule has 2 aromatic heterocycles. The van der Waals surface area contributed by atoms with Crippen LogP contribution in [0.25, 0.3) is 28.0 Å². The highest BCUT2D eigenvalue weighted by Gasteiger charge is 2.33. The molecule has 1 aliphatic carbocycles. The molecule has 2 atom stereocenters. The van der Waals surface area contributed by atoms with Gasteiger partial charge in [-0.05, 0) is 106 Å². The molecule has 0 saturated heterocycles. The van der Waals surface area contributed by atoms with Crippen LogP contribution in [-0.4, -0.2) is 45.9 Å². The fourth-order valence-corrected chi connectivity index (χ4v) is 5.97. The van der Waals surface area contributed by atoms with Gasteiger partial charge in [-0.1, -0.05) is 25.5 Å². The van der Waals surface area contributed by atoms with Crippen molar-refractivity contribution in [2.45, 2.75) is 83.7 Å². The van der Waals surface area contributed by atoms with Crippen LogP contribution in [0.5, 0.6) is 5.75 Å². The van der Waals surface area contributed by atoms with E-state index >= 15 is 4.39 Å². The van der Waals surface area contributed by atoms with E-state index in [4.69, 9.17) is 11.5 Å². The first-order valence-corrected chi connectivity index (χ1v) is 16.5. The molecule has 258 valence electrons. The van der Waals surface area contributed by atoms with Gasteiger partial charge in [0, 0.05) is 35.8 Å². The minimum absolute atomic E-state index is 0.0471. The van der Waals surface area contributed by atoms with E-state index < -0.39 is 23.6 Å². The van der Waals surface area contributed by atoms with Crippen molar-refractivity contribution in [1.29, 1.82) is 0 Å². The minimum atomic E-state index is -5.07. The largest absolute Gasteiger partial charge is 0.573 e. The monoisotopic (exact) mass is 669 g/mol. The number of fused-ring (bicyclic) bond motifs is 1. The smallest absolute Gasteiger partial charge is 0.403 e. The van der Waals surface area contributed by atoms with Crippen molar-refractivity contribution in [3.63, 3.8) is 0 Å². The molecule has 0 amide bonds. The number of aromatic nitrogens is 3. The molecule has 0 bridgehead atoms. The molecule has 1 fully saturated rings. The number of nitrogens with one attached hydrogen (secondary N) is 2. The summed E-state index contributed by atoms with van der Waals surface area (Å²) in [5.41, 5.74) is 13.6. The fourth-order valence-electron chi connectivity index (χ4n) is 5.97. The van der Waals surface area contributed by atoms with Crippen molar-refractivity contribution in [1.82, 2.24) is 19.9 Å². The van der Waals surface area contributed by atoms with Crippen LogP contribution in [0.3, 0.4) is 0 Å². The van der Waals surface area contributed by atoms with E-state index in [2.05, 4.69) is 31.9 Å². The zero-order chi connectivity index (χ0) is 34.4. The Morgan fingerprint density at radius 2 is 1.92 bits per heavy atom. The van der Waals surface area contributed by atoms with E-state index in [1.54, 1.807) is 19.2 Å². The average molecular weight is 670 g/mol. The summed E-state index contributed by atoms with van der Waals surface area (Å²) >= 11 is 0. The summed E-state index contributed by atoms with van der Waals surface area (Å²) in [4.78, 5) is 24.4. The second kappa shape index (κ2) is 15.3. The summed E-state index contributed by atoms with van der Waals surface area (Å²) in [6, 6.07) is 11.9. The molecular formula is C35H43F4N7O2. The van der Waals surface area contributed by atoms with Crippen molar-refractivity contribution in [2.75, 3.05) is 13.1 Å². The predicted molar refractivity (Wildman–Crippen MR) is 180 cm³/mol. The molecule has 0 aliphatic heterocycles. The van der Waals surface area contributed by atoms with Gasteiger partial charge in [0.15, 0.2) is 11.6 Å². The number of ether oxygens (including phenoxy) is 1. The number of aryl methyl sites for hydroxylation is 1. The van der Waals surface area contributed by atoms with Gasteiger partial charge in [0.2, 0.25) is 0 Å². The van der Waals surface area contributed by atoms with Crippen LogP contribution >= 0.6 is 0 Å². The zero-order valence-electron chi connectivity index (χ0n) is 27.2. The maximum Gasteiger partial charge on any atom is 0.573 e. The first-order chi connectivity index (χ1) is 22.9. The summed E-state index contributed by atoms with van der Waals surface area (Å²) in [5.74, 6) is -1.01. The van der Waals surface area contributed by atoms with E-state index in [1.807, 2.05) is 24.3 Å². The molecular weight excluding hydrogens is 626 g/mol. The zero-order valence-corrected chi connectivity index (χ0v) is 27.2. The van der Waals surface area contributed by atoms with Crippen LogP contribution in [0.4, 0.5) is 17.6 Å². The number of hydrogen-bond acceptors (Lipinski definition) is 6. The van der Waals surface area contributed by atoms with Crippen LogP contribution in [0.1, 0.15) is 76.0 Å². The van der Waals surface area contributed by atoms with Crippen LogP contribution in [0.15, 0.2) is 58.4 Å². The predicted octanol–water partition coefficient (Wildman–Crippen LogP) is 6.68.